The smallest absolute Gasteiger partial charge is 0.243 e. The third-order valence-electron chi connectivity index (χ3n) is 6.91. The molecule has 0 radical (unpaired) electrons. The van der Waals surface area contributed by atoms with Crippen molar-refractivity contribution in [3.63, 3.8) is 0 Å². The Morgan fingerprint density at radius 3 is 2.51 bits per heavy atom. The first-order valence-corrected chi connectivity index (χ1v) is 13.5. The zero-order valence-corrected chi connectivity index (χ0v) is 20.8. The van der Waals surface area contributed by atoms with E-state index in [0.29, 0.717) is 44.7 Å². The fourth-order valence-electron chi connectivity index (χ4n) is 4.86. The number of piperazine rings is 1. The Bertz CT molecular complexity index is 1310. The fourth-order valence-corrected chi connectivity index (χ4v) is 6.39. The number of hydrogen-bond donors (Lipinski definition) is 0. The monoisotopic (exact) mass is 497 g/mol. The third-order valence-corrected chi connectivity index (χ3v) is 8.81. The molecule has 0 N–H and O–H groups in total. The van der Waals surface area contributed by atoms with Gasteiger partial charge in [0, 0.05) is 64.0 Å². The Balaban J connectivity index is 1.18. The van der Waals surface area contributed by atoms with Gasteiger partial charge in [0.25, 0.3) is 0 Å². The lowest BCUT2D eigenvalue weighted by Gasteiger charge is -2.36. The minimum Gasteiger partial charge on any atom is -0.497 e. The van der Waals surface area contributed by atoms with Gasteiger partial charge in [0.1, 0.15) is 5.75 Å². The Labute approximate surface area is 205 Å². The zero-order valence-electron chi connectivity index (χ0n) is 20.0. The number of ether oxygens (including phenoxy) is 1. The molecule has 186 valence electrons. The largest absolute Gasteiger partial charge is 0.497 e. The molecule has 0 saturated carbocycles. The second-order valence-electron chi connectivity index (χ2n) is 9.02. The van der Waals surface area contributed by atoms with Gasteiger partial charge in [0.15, 0.2) is 0 Å². The number of sulfonamides is 1. The Morgan fingerprint density at radius 2 is 1.77 bits per heavy atom. The fraction of sp³-hybridized carbons (Fsp3) is 0.440. The first kappa shape index (κ1) is 23.6. The molecule has 10 heteroatoms. The normalized spacial score (nSPS) is 17.3. The summed E-state index contributed by atoms with van der Waals surface area (Å²) in [7, 11) is -1.82. The molecule has 1 amide bonds. The summed E-state index contributed by atoms with van der Waals surface area (Å²) in [5.41, 5.74) is 2.57. The molecule has 0 spiro atoms. The van der Waals surface area contributed by atoms with Crippen LogP contribution < -0.4 is 9.64 Å². The van der Waals surface area contributed by atoms with Crippen molar-refractivity contribution in [2.45, 2.75) is 30.7 Å². The van der Waals surface area contributed by atoms with E-state index in [1.807, 2.05) is 27.7 Å². The molecule has 0 bridgehead atoms. The first-order valence-electron chi connectivity index (χ1n) is 12.1. The highest BCUT2D eigenvalue weighted by Crippen LogP contribution is 2.25. The van der Waals surface area contributed by atoms with Crippen LogP contribution in [0.2, 0.25) is 0 Å². The topological polar surface area (TPSA) is 88.0 Å². The Morgan fingerprint density at radius 1 is 1.00 bits per heavy atom. The number of hydrogen-bond acceptors (Lipinski definition) is 6. The maximum atomic E-state index is 12.9. The molecule has 2 saturated heterocycles. The van der Waals surface area contributed by atoms with Crippen LogP contribution in [0.3, 0.4) is 0 Å². The summed E-state index contributed by atoms with van der Waals surface area (Å²) < 4.78 is 34.5. The van der Waals surface area contributed by atoms with Crippen molar-refractivity contribution in [1.82, 2.24) is 18.8 Å². The van der Waals surface area contributed by atoms with Crippen molar-refractivity contribution >= 4 is 32.7 Å². The van der Waals surface area contributed by atoms with Crippen molar-refractivity contribution in [2.75, 3.05) is 51.3 Å². The van der Waals surface area contributed by atoms with E-state index in [0.717, 1.165) is 42.9 Å². The highest BCUT2D eigenvalue weighted by molar-refractivity contribution is 7.89. The molecule has 2 aromatic carbocycles. The van der Waals surface area contributed by atoms with Crippen LogP contribution in [0, 0.1) is 0 Å². The molecule has 35 heavy (non-hydrogen) atoms. The summed E-state index contributed by atoms with van der Waals surface area (Å²) in [5.74, 6) is 0.944. The van der Waals surface area contributed by atoms with Gasteiger partial charge in [-0.3, -0.25) is 4.79 Å². The van der Waals surface area contributed by atoms with Gasteiger partial charge in [-0.05, 0) is 43.2 Å². The second-order valence-corrected chi connectivity index (χ2v) is 11.0. The number of fused-ring (bicyclic) bond motifs is 1. The van der Waals surface area contributed by atoms with Gasteiger partial charge >= 0.3 is 0 Å². The van der Waals surface area contributed by atoms with Crippen molar-refractivity contribution in [2.24, 2.45) is 0 Å². The highest BCUT2D eigenvalue weighted by atomic mass is 32.2. The number of methoxy groups -OCH3 is 1. The van der Waals surface area contributed by atoms with E-state index in [1.54, 1.807) is 31.6 Å². The predicted octanol–water partition coefficient (Wildman–Crippen LogP) is 2.57. The summed E-state index contributed by atoms with van der Waals surface area (Å²) in [6, 6.07) is 13.1. The number of aromatic nitrogens is 2. The molecule has 5 rings (SSSR count). The highest BCUT2D eigenvalue weighted by Gasteiger charge is 2.27. The number of aryl methyl sites for hydroxylation is 1. The third kappa shape index (κ3) is 4.85. The van der Waals surface area contributed by atoms with Crippen molar-refractivity contribution in [3.05, 3.63) is 48.8 Å². The van der Waals surface area contributed by atoms with Crippen LogP contribution in [0.4, 0.5) is 5.69 Å². The van der Waals surface area contributed by atoms with Crippen molar-refractivity contribution in [1.29, 1.82) is 0 Å². The van der Waals surface area contributed by atoms with E-state index in [-0.39, 0.29) is 10.8 Å². The van der Waals surface area contributed by atoms with Gasteiger partial charge in [-0.25, -0.2) is 13.4 Å². The molecule has 0 unspecified atom stereocenters. The van der Waals surface area contributed by atoms with Gasteiger partial charge in [0.2, 0.25) is 15.9 Å². The predicted molar refractivity (Wildman–Crippen MR) is 134 cm³/mol. The SMILES string of the molecule is COc1cccc(N2CCN(C(=O)CCn3cnc4cc(S(=O)(=O)N5CCCC5)ccc43)CC2)c1. The van der Waals surface area contributed by atoms with Gasteiger partial charge in [-0.2, -0.15) is 4.31 Å². The maximum Gasteiger partial charge on any atom is 0.243 e. The summed E-state index contributed by atoms with van der Waals surface area (Å²) in [6.07, 6.45) is 3.86. The van der Waals surface area contributed by atoms with Crippen LogP contribution >= 0.6 is 0 Å². The number of benzene rings is 2. The minimum absolute atomic E-state index is 0.116. The van der Waals surface area contributed by atoms with Crippen molar-refractivity contribution < 1.29 is 17.9 Å². The van der Waals surface area contributed by atoms with E-state index < -0.39 is 10.0 Å². The maximum absolute atomic E-state index is 12.9. The lowest BCUT2D eigenvalue weighted by molar-refractivity contribution is -0.131. The molecule has 3 aromatic rings. The lowest BCUT2D eigenvalue weighted by atomic mass is 10.2. The number of carbonyl (C=O) groups excluding carboxylic acids is 1. The number of anilines is 1. The standard InChI is InChI=1S/C25H31N5O4S/c1-34-21-6-4-5-20(17-21)27-13-15-28(16-14-27)25(31)9-12-29-19-26-23-18-22(7-8-24(23)29)35(32,33)30-10-2-3-11-30/h4-8,17-19H,2-3,9-16H2,1H3. The summed E-state index contributed by atoms with van der Waals surface area (Å²) in [4.78, 5) is 21.7. The van der Waals surface area contributed by atoms with E-state index in [2.05, 4.69) is 16.0 Å². The van der Waals surface area contributed by atoms with Gasteiger partial charge in [0.05, 0.1) is 29.4 Å². The van der Waals surface area contributed by atoms with E-state index in [4.69, 9.17) is 4.74 Å². The molecule has 9 nitrogen and oxygen atoms in total. The van der Waals surface area contributed by atoms with Gasteiger partial charge in [-0.15, -0.1) is 0 Å². The molecule has 0 aliphatic carbocycles. The van der Waals surface area contributed by atoms with E-state index >= 15 is 0 Å². The van der Waals surface area contributed by atoms with Crippen LogP contribution in [0.1, 0.15) is 19.3 Å². The van der Waals surface area contributed by atoms with Crippen LogP contribution in [-0.2, 0) is 21.4 Å². The molecule has 2 aliphatic heterocycles. The Hall–Kier alpha value is -3.11. The van der Waals surface area contributed by atoms with Crippen LogP contribution in [-0.4, -0.2) is 79.5 Å². The molecule has 2 fully saturated rings. The number of imidazole rings is 1. The van der Waals surface area contributed by atoms with Gasteiger partial charge < -0.3 is 19.1 Å². The van der Waals surface area contributed by atoms with E-state index in [1.165, 1.54) is 4.31 Å². The van der Waals surface area contributed by atoms with Crippen LogP contribution in [0.5, 0.6) is 5.75 Å². The summed E-state index contributed by atoms with van der Waals surface area (Å²) in [6.45, 7) is 4.57. The number of amides is 1. The van der Waals surface area contributed by atoms with Gasteiger partial charge in [-0.1, -0.05) is 6.07 Å². The van der Waals surface area contributed by atoms with Crippen molar-refractivity contribution in [3.8, 4) is 5.75 Å². The number of rotatable bonds is 7. The molecule has 0 atom stereocenters. The molecular formula is C25H31N5O4S. The summed E-state index contributed by atoms with van der Waals surface area (Å²) >= 11 is 0. The second kappa shape index (κ2) is 9.87. The average Bonchev–Trinajstić information content (AvgIpc) is 3.58. The van der Waals surface area contributed by atoms with E-state index in [9.17, 15) is 13.2 Å². The van der Waals surface area contributed by atoms with Crippen LogP contribution in [0.15, 0.2) is 53.7 Å². The molecule has 1 aromatic heterocycles. The minimum atomic E-state index is -3.48. The molecule has 3 heterocycles. The summed E-state index contributed by atoms with van der Waals surface area (Å²) in [5, 5.41) is 0. The average molecular weight is 498 g/mol. The quantitative estimate of drug-likeness (QED) is 0.499. The number of nitrogens with zero attached hydrogens (tertiary/aromatic N) is 5. The zero-order chi connectivity index (χ0) is 24.4. The number of carbonyl (C=O) groups is 1. The lowest BCUT2D eigenvalue weighted by Crippen LogP contribution is -2.48. The Kier molecular flexibility index (Phi) is 6.66. The molecule has 2 aliphatic rings. The van der Waals surface area contributed by atoms with Crippen LogP contribution in [0.25, 0.3) is 11.0 Å². The first-order chi connectivity index (χ1) is 17.0. The molecular weight excluding hydrogens is 466 g/mol.